The smallest absolute Gasteiger partial charge is 0.244 e. The van der Waals surface area contributed by atoms with Crippen LogP contribution in [0.5, 0.6) is 5.75 Å². The minimum Gasteiger partial charge on any atom is -0.497 e. The Hall–Kier alpha value is -3.07. The summed E-state index contributed by atoms with van der Waals surface area (Å²) in [6.45, 7) is 3.62. The van der Waals surface area contributed by atoms with Crippen LogP contribution in [0.3, 0.4) is 0 Å². The molecule has 1 aliphatic carbocycles. The van der Waals surface area contributed by atoms with Crippen LogP contribution in [0.4, 0.5) is 5.69 Å². The Morgan fingerprint density at radius 1 is 1.08 bits per heavy atom. The van der Waals surface area contributed by atoms with Gasteiger partial charge in [0, 0.05) is 18.7 Å². The average molecular weight is 530 g/mol. The van der Waals surface area contributed by atoms with E-state index in [2.05, 4.69) is 5.32 Å². The van der Waals surface area contributed by atoms with Crippen LogP contribution in [0, 0.1) is 6.92 Å². The molecule has 1 aliphatic rings. The highest BCUT2D eigenvalue weighted by Crippen LogP contribution is 2.24. The van der Waals surface area contributed by atoms with Gasteiger partial charge in [0.05, 0.1) is 19.1 Å². The number of hydrogen-bond donors (Lipinski definition) is 1. The zero-order valence-corrected chi connectivity index (χ0v) is 23.1. The molecule has 2 amide bonds. The summed E-state index contributed by atoms with van der Waals surface area (Å²) in [5.74, 6) is -0.156. The molecule has 9 heteroatoms. The van der Waals surface area contributed by atoms with E-state index in [-0.39, 0.29) is 18.5 Å². The van der Waals surface area contributed by atoms with Crippen LogP contribution in [-0.4, -0.2) is 57.1 Å². The minimum atomic E-state index is -3.80. The molecule has 0 aliphatic heterocycles. The van der Waals surface area contributed by atoms with Crippen molar-refractivity contribution < 1.29 is 22.7 Å². The second kappa shape index (κ2) is 12.9. The monoisotopic (exact) mass is 529 g/mol. The molecule has 0 heterocycles. The second-order valence-electron chi connectivity index (χ2n) is 9.75. The molecule has 2 aromatic carbocycles. The molecule has 1 saturated carbocycles. The number of benzene rings is 2. The molecule has 2 aromatic rings. The number of carbonyl (C=O) groups excluding carboxylic acids is 2. The van der Waals surface area contributed by atoms with Gasteiger partial charge in [-0.25, -0.2) is 8.42 Å². The zero-order chi connectivity index (χ0) is 27.0. The number of sulfonamides is 1. The van der Waals surface area contributed by atoms with Gasteiger partial charge in [-0.2, -0.15) is 0 Å². The first-order chi connectivity index (χ1) is 17.6. The van der Waals surface area contributed by atoms with Crippen LogP contribution in [-0.2, 0) is 26.2 Å². The van der Waals surface area contributed by atoms with Gasteiger partial charge in [0.15, 0.2) is 0 Å². The number of rotatable bonds is 11. The van der Waals surface area contributed by atoms with Crippen LogP contribution >= 0.6 is 0 Å². The highest BCUT2D eigenvalue weighted by Gasteiger charge is 2.33. The van der Waals surface area contributed by atoms with Crippen molar-refractivity contribution in [2.24, 2.45) is 0 Å². The molecule has 202 valence electrons. The third kappa shape index (κ3) is 7.95. The van der Waals surface area contributed by atoms with Crippen LogP contribution in [0.2, 0.25) is 0 Å². The van der Waals surface area contributed by atoms with Gasteiger partial charge in [0.25, 0.3) is 0 Å². The first-order valence-corrected chi connectivity index (χ1v) is 14.7. The lowest BCUT2D eigenvalue weighted by molar-refractivity contribution is -0.140. The first kappa shape index (κ1) is 28.5. The van der Waals surface area contributed by atoms with E-state index in [4.69, 9.17) is 4.74 Å². The van der Waals surface area contributed by atoms with Crippen molar-refractivity contribution in [1.29, 1.82) is 0 Å². The third-order valence-electron chi connectivity index (χ3n) is 6.79. The number of ether oxygens (including phenoxy) is 1. The fourth-order valence-corrected chi connectivity index (χ4v) is 5.69. The summed E-state index contributed by atoms with van der Waals surface area (Å²) >= 11 is 0. The van der Waals surface area contributed by atoms with Gasteiger partial charge in [-0.3, -0.25) is 13.9 Å². The standard InChI is InChI=1S/C28H39N3O5S/c1-5-26(28(33)29-23-13-7-6-8-14-23)30(19-22-12-9-11-21(2)17-22)27(32)20-31(37(4,34)35)24-15-10-16-25(18-24)36-3/h9-12,15-18,23,26H,5-8,13-14,19-20H2,1-4H3,(H,29,33)/t26-/m1/s1. The van der Waals surface area contributed by atoms with Gasteiger partial charge in [0.2, 0.25) is 21.8 Å². The van der Waals surface area contributed by atoms with Crippen LogP contribution in [0.15, 0.2) is 48.5 Å². The van der Waals surface area contributed by atoms with Gasteiger partial charge in [-0.15, -0.1) is 0 Å². The average Bonchev–Trinajstić information content (AvgIpc) is 2.87. The van der Waals surface area contributed by atoms with E-state index in [0.717, 1.165) is 47.4 Å². The molecule has 1 fully saturated rings. The van der Waals surface area contributed by atoms with Crippen molar-refractivity contribution in [3.8, 4) is 5.75 Å². The SMILES string of the molecule is CC[C@H](C(=O)NC1CCCCC1)N(Cc1cccc(C)c1)C(=O)CN(c1cccc(OC)c1)S(C)(=O)=O. The van der Waals surface area contributed by atoms with Gasteiger partial charge >= 0.3 is 0 Å². The van der Waals surface area contributed by atoms with E-state index in [9.17, 15) is 18.0 Å². The molecule has 0 bridgehead atoms. The van der Waals surface area contributed by atoms with Crippen molar-refractivity contribution >= 4 is 27.5 Å². The fourth-order valence-electron chi connectivity index (χ4n) is 4.85. The maximum atomic E-state index is 13.8. The van der Waals surface area contributed by atoms with Crippen molar-refractivity contribution in [1.82, 2.24) is 10.2 Å². The number of nitrogens with one attached hydrogen (secondary N) is 1. The van der Waals surface area contributed by atoms with E-state index in [0.29, 0.717) is 17.9 Å². The zero-order valence-electron chi connectivity index (χ0n) is 22.3. The summed E-state index contributed by atoms with van der Waals surface area (Å²) in [5, 5.41) is 3.15. The lowest BCUT2D eigenvalue weighted by atomic mass is 9.95. The fraction of sp³-hybridized carbons (Fsp3) is 0.500. The lowest BCUT2D eigenvalue weighted by Gasteiger charge is -2.34. The lowest BCUT2D eigenvalue weighted by Crippen LogP contribution is -2.53. The molecule has 0 spiro atoms. The molecule has 8 nitrogen and oxygen atoms in total. The summed E-state index contributed by atoms with van der Waals surface area (Å²) in [5.41, 5.74) is 2.24. The Morgan fingerprint density at radius 2 is 1.78 bits per heavy atom. The largest absolute Gasteiger partial charge is 0.497 e. The van der Waals surface area contributed by atoms with Crippen molar-refractivity contribution in [3.05, 3.63) is 59.7 Å². The molecule has 1 N–H and O–H groups in total. The Labute approximate surface area is 221 Å². The molecular weight excluding hydrogens is 490 g/mol. The van der Waals surface area contributed by atoms with Crippen LogP contribution in [0.1, 0.15) is 56.6 Å². The number of nitrogens with zero attached hydrogens (tertiary/aromatic N) is 2. The highest BCUT2D eigenvalue weighted by molar-refractivity contribution is 7.92. The summed E-state index contributed by atoms with van der Waals surface area (Å²) in [4.78, 5) is 28.8. The van der Waals surface area contributed by atoms with Crippen LogP contribution in [0.25, 0.3) is 0 Å². The molecule has 0 saturated heterocycles. The summed E-state index contributed by atoms with van der Waals surface area (Å²) in [6, 6.07) is 13.7. The Morgan fingerprint density at radius 3 is 2.41 bits per heavy atom. The molecule has 0 aromatic heterocycles. The molecule has 1 atom stereocenters. The summed E-state index contributed by atoms with van der Waals surface area (Å²) < 4.78 is 31.8. The number of aryl methyl sites for hydroxylation is 1. The van der Waals surface area contributed by atoms with E-state index in [1.165, 1.54) is 18.4 Å². The Bertz CT molecular complexity index is 1180. The molecule has 0 radical (unpaired) electrons. The number of amides is 2. The normalized spacial score (nSPS) is 15.0. The summed E-state index contributed by atoms with van der Waals surface area (Å²) in [7, 11) is -2.30. The number of methoxy groups -OCH3 is 1. The van der Waals surface area contributed by atoms with E-state index in [1.807, 2.05) is 38.1 Å². The number of anilines is 1. The van der Waals surface area contributed by atoms with Gasteiger partial charge in [0.1, 0.15) is 18.3 Å². The van der Waals surface area contributed by atoms with Crippen molar-refractivity contribution in [2.75, 3.05) is 24.2 Å². The number of hydrogen-bond acceptors (Lipinski definition) is 5. The van der Waals surface area contributed by atoms with E-state index in [1.54, 1.807) is 24.3 Å². The highest BCUT2D eigenvalue weighted by atomic mass is 32.2. The third-order valence-corrected chi connectivity index (χ3v) is 7.93. The van der Waals surface area contributed by atoms with Gasteiger partial charge in [-0.05, 0) is 43.9 Å². The maximum Gasteiger partial charge on any atom is 0.244 e. The first-order valence-electron chi connectivity index (χ1n) is 12.9. The Kier molecular flexibility index (Phi) is 9.97. The van der Waals surface area contributed by atoms with Crippen molar-refractivity contribution in [3.63, 3.8) is 0 Å². The molecular formula is C28H39N3O5S. The summed E-state index contributed by atoms with van der Waals surface area (Å²) in [6.07, 6.45) is 6.69. The predicted octanol–water partition coefficient (Wildman–Crippen LogP) is 4.03. The second-order valence-corrected chi connectivity index (χ2v) is 11.7. The molecule has 0 unspecified atom stereocenters. The van der Waals surface area contributed by atoms with Gasteiger partial charge in [-0.1, -0.05) is 62.1 Å². The Balaban J connectivity index is 1.92. The van der Waals surface area contributed by atoms with Crippen LogP contribution < -0.4 is 14.4 Å². The topological polar surface area (TPSA) is 96.0 Å². The molecule has 3 rings (SSSR count). The minimum absolute atomic E-state index is 0.107. The van der Waals surface area contributed by atoms with Gasteiger partial charge < -0.3 is 15.0 Å². The van der Waals surface area contributed by atoms with Crippen molar-refractivity contribution in [2.45, 2.75) is 71.0 Å². The maximum absolute atomic E-state index is 13.8. The number of carbonyl (C=O) groups is 2. The van der Waals surface area contributed by atoms with E-state index >= 15 is 0 Å². The molecule has 37 heavy (non-hydrogen) atoms. The van der Waals surface area contributed by atoms with E-state index < -0.39 is 28.5 Å². The predicted molar refractivity (Wildman–Crippen MR) is 146 cm³/mol. The quantitative estimate of drug-likeness (QED) is 0.474.